The van der Waals surface area contributed by atoms with Crippen LogP contribution < -0.4 is 5.32 Å². The third-order valence-electron chi connectivity index (χ3n) is 3.70. The van der Waals surface area contributed by atoms with Gasteiger partial charge in [-0.25, -0.2) is 4.98 Å². The van der Waals surface area contributed by atoms with Crippen LogP contribution in [0.15, 0.2) is 36.4 Å². The second kappa shape index (κ2) is 7.85. The number of benzene rings is 1. The molecule has 25 heavy (non-hydrogen) atoms. The molecule has 2 aromatic rings. The van der Waals surface area contributed by atoms with Crippen LogP contribution in [-0.4, -0.2) is 16.7 Å². The zero-order chi connectivity index (χ0) is 18.4. The maximum Gasteiger partial charge on any atom is 0.245 e. The lowest BCUT2D eigenvalue weighted by Gasteiger charge is -2.10. The van der Waals surface area contributed by atoms with Crippen LogP contribution in [0, 0.1) is 42.4 Å². The number of amides is 1. The van der Waals surface area contributed by atoms with E-state index in [4.69, 9.17) is 5.26 Å². The minimum Gasteiger partial charge on any atom is -0.350 e. The number of Topliss-reactive ketones (excluding diaryl/α,β-unsaturated/α-hetero) is 1. The lowest BCUT2D eigenvalue weighted by Crippen LogP contribution is -2.34. The average Bonchev–Trinajstić information content (AvgIpc) is 2.61. The summed E-state index contributed by atoms with van der Waals surface area (Å²) in [6.45, 7) is 3.78. The zero-order valence-electron chi connectivity index (χ0n) is 13.9. The summed E-state index contributed by atoms with van der Waals surface area (Å²) in [6.07, 6.45) is 0. The lowest BCUT2D eigenvalue weighted by atomic mass is 10.0. The van der Waals surface area contributed by atoms with E-state index in [1.54, 1.807) is 13.0 Å². The molecule has 0 saturated heterocycles. The molecule has 0 radical (unpaired) electrons. The summed E-state index contributed by atoms with van der Waals surface area (Å²) in [5.74, 6) is -2.83. The van der Waals surface area contributed by atoms with Gasteiger partial charge in [0, 0.05) is 6.54 Å². The van der Waals surface area contributed by atoms with Crippen LogP contribution in [0.3, 0.4) is 0 Å². The van der Waals surface area contributed by atoms with E-state index in [0.717, 1.165) is 11.1 Å². The maximum atomic E-state index is 12.4. The Morgan fingerprint density at radius 3 is 2.36 bits per heavy atom. The predicted molar refractivity (Wildman–Crippen MR) is 90.1 cm³/mol. The standard InChI is InChI=1S/C19H16N4O2/c1-12-3-5-14(6-4-12)11-22-19(25)16(10-21)18(24)17-8-7-15(9-20)13(2)23-17/h3-8,16H,11H2,1-2H3,(H,22,25)/t16-/m0/s1. The first-order valence-electron chi connectivity index (χ1n) is 7.61. The van der Waals surface area contributed by atoms with E-state index < -0.39 is 17.6 Å². The molecule has 0 unspecified atom stereocenters. The molecule has 1 atom stereocenters. The van der Waals surface area contributed by atoms with Crippen LogP contribution in [0.25, 0.3) is 0 Å². The minimum absolute atomic E-state index is 0.00599. The molecular weight excluding hydrogens is 316 g/mol. The van der Waals surface area contributed by atoms with Crippen molar-refractivity contribution in [2.24, 2.45) is 5.92 Å². The summed E-state index contributed by atoms with van der Waals surface area (Å²) in [6, 6.07) is 14.0. The van der Waals surface area contributed by atoms with Crippen molar-refractivity contribution in [2.75, 3.05) is 0 Å². The van der Waals surface area contributed by atoms with Crippen molar-refractivity contribution in [3.63, 3.8) is 0 Å². The Morgan fingerprint density at radius 1 is 1.12 bits per heavy atom. The Balaban J connectivity index is 2.10. The van der Waals surface area contributed by atoms with Crippen molar-refractivity contribution in [2.45, 2.75) is 20.4 Å². The number of carbonyl (C=O) groups excluding carboxylic acids is 2. The molecule has 1 aromatic heterocycles. The summed E-state index contributed by atoms with van der Waals surface area (Å²) in [7, 11) is 0. The van der Waals surface area contributed by atoms with Gasteiger partial charge in [0.05, 0.1) is 17.3 Å². The number of nitrogens with one attached hydrogen (secondary N) is 1. The number of aryl methyl sites for hydroxylation is 2. The number of rotatable bonds is 5. The highest BCUT2D eigenvalue weighted by Crippen LogP contribution is 2.11. The van der Waals surface area contributed by atoms with Crippen molar-refractivity contribution in [3.8, 4) is 12.1 Å². The van der Waals surface area contributed by atoms with E-state index in [-0.39, 0.29) is 12.2 Å². The molecule has 1 heterocycles. The van der Waals surface area contributed by atoms with Gasteiger partial charge in [-0.05, 0) is 31.5 Å². The van der Waals surface area contributed by atoms with Crippen molar-refractivity contribution >= 4 is 11.7 Å². The van der Waals surface area contributed by atoms with Crippen LogP contribution in [0.1, 0.15) is 32.9 Å². The summed E-state index contributed by atoms with van der Waals surface area (Å²) < 4.78 is 0. The van der Waals surface area contributed by atoms with Crippen molar-refractivity contribution in [1.82, 2.24) is 10.3 Å². The second-order valence-corrected chi connectivity index (χ2v) is 5.57. The van der Waals surface area contributed by atoms with Gasteiger partial charge < -0.3 is 5.32 Å². The van der Waals surface area contributed by atoms with Crippen molar-refractivity contribution < 1.29 is 9.59 Å². The average molecular weight is 332 g/mol. The van der Waals surface area contributed by atoms with Gasteiger partial charge >= 0.3 is 0 Å². The van der Waals surface area contributed by atoms with Gasteiger partial charge in [0.2, 0.25) is 11.7 Å². The van der Waals surface area contributed by atoms with E-state index in [2.05, 4.69) is 10.3 Å². The first-order chi connectivity index (χ1) is 12.0. The smallest absolute Gasteiger partial charge is 0.245 e. The number of hydrogen-bond donors (Lipinski definition) is 1. The third kappa shape index (κ3) is 4.27. The molecule has 1 aromatic carbocycles. The largest absolute Gasteiger partial charge is 0.350 e. The third-order valence-corrected chi connectivity index (χ3v) is 3.70. The SMILES string of the molecule is Cc1ccc(CNC(=O)[C@@H](C#N)C(=O)c2ccc(C#N)c(C)n2)cc1. The second-order valence-electron chi connectivity index (χ2n) is 5.57. The van der Waals surface area contributed by atoms with Crippen LogP contribution in [0.2, 0.25) is 0 Å². The van der Waals surface area contributed by atoms with E-state index in [9.17, 15) is 14.9 Å². The van der Waals surface area contributed by atoms with E-state index in [1.807, 2.05) is 37.3 Å². The highest BCUT2D eigenvalue weighted by Gasteiger charge is 2.28. The van der Waals surface area contributed by atoms with Gasteiger partial charge in [-0.1, -0.05) is 29.8 Å². The Morgan fingerprint density at radius 2 is 1.80 bits per heavy atom. The number of ketones is 1. The molecule has 0 saturated carbocycles. The molecule has 1 N–H and O–H groups in total. The van der Waals surface area contributed by atoms with E-state index in [0.29, 0.717) is 11.3 Å². The fraction of sp³-hybridized carbons (Fsp3) is 0.211. The number of carbonyl (C=O) groups is 2. The molecular formula is C19H16N4O2. The number of nitrogens with zero attached hydrogens (tertiary/aromatic N) is 3. The van der Waals surface area contributed by atoms with Gasteiger partial charge in [0.15, 0.2) is 5.92 Å². The van der Waals surface area contributed by atoms with Crippen LogP contribution in [0.4, 0.5) is 0 Å². The molecule has 2 rings (SSSR count). The topological polar surface area (TPSA) is 107 Å². The first kappa shape index (κ1) is 17.8. The van der Waals surface area contributed by atoms with Crippen molar-refractivity contribution in [3.05, 3.63) is 64.5 Å². The molecule has 6 heteroatoms. The van der Waals surface area contributed by atoms with Gasteiger partial charge in [0.1, 0.15) is 11.8 Å². The molecule has 0 aliphatic rings. The van der Waals surface area contributed by atoms with Crippen LogP contribution in [-0.2, 0) is 11.3 Å². The normalized spacial score (nSPS) is 11.0. The highest BCUT2D eigenvalue weighted by molar-refractivity contribution is 6.11. The summed E-state index contributed by atoms with van der Waals surface area (Å²) >= 11 is 0. The number of pyridine rings is 1. The molecule has 1 amide bonds. The monoisotopic (exact) mass is 332 g/mol. The number of nitriles is 2. The summed E-state index contributed by atoms with van der Waals surface area (Å²) in [5.41, 5.74) is 2.69. The molecule has 0 spiro atoms. The maximum absolute atomic E-state index is 12.4. The highest BCUT2D eigenvalue weighted by atomic mass is 16.2. The number of hydrogen-bond acceptors (Lipinski definition) is 5. The molecule has 0 fully saturated rings. The fourth-order valence-corrected chi connectivity index (χ4v) is 2.20. The van der Waals surface area contributed by atoms with E-state index >= 15 is 0 Å². The number of aromatic nitrogens is 1. The van der Waals surface area contributed by atoms with Crippen molar-refractivity contribution in [1.29, 1.82) is 10.5 Å². The van der Waals surface area contributed by atoms with Crippen LogP contribution in [0.5, 0.6) is 0 Å². The predicted octanol–water partition coefficient (Wildman–Crippen LogP) is 2.21. The molecule has 0 aliphatic heterocycles. The first-order valence-corrected chi connectivity index (χ1v) is 7.61. The van der Waals surface area contributed by atoms with Crippen LogP contribution >= 0.6 is 0 Å². The Kier molecular flexibility index (Phi) is 5.60. The quantitative estimate of drug-likeness (QED) is 0.667. The van der Waals surface area contributed by atoms with Gasteiger partial charge in [-0.2, -0.15) is 10.5 Å². The lowest BCUT2D eigenvalue weighted by molar-refractivity contribution is -0.122. The van der Waals surface area contributed by atoms with Gasteiger partial charge in [0.25, 0.3) is 0 Å². The molecule has 6 nitrogen and oxygen atoms in total. The summed E-state index contributed by atoms with van der Waals surface area (Å²) in [5, 5.41) is 20.7. The Hall–Kier alpha value is -3.51. The zero-order valence-corrected chi connectivity index (χ0v) is 13.9. The van der Waals surface area contributed by atoms with Gasteiger partial charge in [-0.15, -0.1) is 0 Å². The molecule has 0 aliphatic carbocycles. The minimum atomic E-state index is -1.48. The van der Waals surface area contributed by atoms with Gasteiger partial charge in [-0.3, -0.25) is 9.59 Å². The Labute approximate surface area is 145 Å². The Bertz CT molecular complexity index is 889. The molecule has 124 valence electrons. The molecule has 0 bridgehead atoms. The van der Waals surface area contributed by atoms with E-state index in [1.165, 1.54) is 12.1 Å². The fourth-order valence-electron chi connectivity index (χ4n) is 2.20. The summed E-state index contributed by atoms with van der Waals surface area (Å²) in [4.78, 5) is 28.6.